The smallest absolute Gasteiger partial charge is 0.123 e. The molecule has 0 spiro atoms. The number of nitrogens with one attached hydrogen (secondary N) is 1. The van der Waals surface area contributed by atoms with Crippen molar-refractivity contribution in [1.29, 1.82) is 0 Å². The molecule has 2 aromatic carbocycles. The summed E-state index contributed by atoms with van der Waals surface area (Å²) in [5.74, 6) is -0.200. The highest BCUT2D eigenvalue weighted by Crippen LogP contribution is 2.28. The first-order valence-electron chi connectivity index (χ1n) is 5.74. The first kappa shape index (κ1) is 11.8. The van der Waals surface area contributed by atoms with Crippen molar-refractivity contribution in [3.63, 3.8) is 0 Å². The van der Waals surface area contributed by atoms with E-state index in [4.69, 9.17) is 0 Å². The molecule has 2 aromatic rings. The van der Waals surface area contributed by atoms with E-state index in [0.717, 1.165) is 11.1 Å². The lowest BCUT2D eigenvalue weighted by atomic mass is 9.95. The molecule has 1 atom stereocenters. The Labute approximate surface area is 101 Å². The van der Waals surface area contributed by atoms with Gasteiger partial charge in [0.2, 0.25) is 0 Å². The van der Waals surface area contributed by atoms with Crippen molar-refractivity contribution < 1.29 is 4.39 Å². The van der Waals surface area contributed by atoms with E-state index in [-0.39, 0.29) is 11.9 Å². The summed E-state index contributed by atoms with van der Waals surface area (Å²) in [7, 11) is 1.92. The Morgan fingerprint density at radius 1 is 1.06 bits per heavy atom. The highest BCUT2D eigenvalue weighted by atomic mass is 19.1. The maximum absolute atomic E-state index is 13.3. The van der Waals surface area contributed by atoms with Gasteiger partial charge in [-0.25, -0.2) is 4.39 Å². The van der Waals surface area contributed by atoms with Gasteiger partial charge in [0.1, 0.15) is 5.82 Å². The Morgan fingerprint density at radius 2 is 1.82 bits per heavy atom. The third-order valence-corrected chi connectivity index (χ3v) is 3.00. The quantitative estimate of drug-likeness (QED) is 0.844. The van der Waals surface area contributed by atoms with E-state index in [9.17, 15) is 4.39 Å². The average molecular weight is 229 g/mol. The van der Waals surface area contributed by atoms with Gasteiger partial charge < -0.3 is 5.32 Å². The minimum Gasteiger partial charge on any atom is -0.313 e. The van der Waals surface area contributed by atoms with Crippen molar-refractivity contribution in [2.24, 2.45) is 0 Å². The molecule has 2 rings (SSSR count). The van der Waals surface area contributed by atoms with Crippen LogP contribution in [0.3, 0.4) is 0 Å². The molecule has 1 N–H and O–H groups in total. The molecule has 0 fully saturated rings. The molecule has 2 heteroatoms. The van der Waals surface area contributed by atoms with E-state index in [1.807, 2.05) is 31.3 Å². The van der Waals surface area contributed by atoms with Crippen LogP contribution in [-0.2, 0) is 0 Å². The lowest BCUT2D eigenvalue weighted by molar-refractivity contribution is 0.628. The first-order chi connectivity index (χ1) is 8.22. The number of hydrogen-bond donors (Lipinski definition) is 1. The Morgan fingerprint density at radius 3 is 2.53 bits per heavy atom. The lowest BCUT2D eigenvalue weighted by Crippen LogP contribution is -2.13. The summed E-state index contributed by atoms with van der Waals surface area (Å²) in [5, 5.41) is 3.21. The van der Waals surface area contributed by atoms with Crippen LogP contribution in [0.1, 0.15) is 18.5 Å². The van der Waals surface area contributed by atoms with Gasteiger partial charge in [0.15, 0.2) is 0 Å². The van der Waals surface area contributed by atoms with E-state index >= 15 is 0 Å². The first-order valence-corrected chi connectivity index (χ1v) is 5.74. The van der Waals surface area contributed by atoms with Crippen LogP contribution in [0.2, 0.25) is 0 Å². The molecule has 0 radical (unpaired) electrons. The monoisotopic (exact) mass is 229 g/mol. The van der Waals surface area contributed by atoms with Gasteiger partial charge >= 0.3 is 0 Å². The normalized spacial score (nSPS) is 12.4. The van der Waals surface area contributed by atoms with Crippen LogP contribution in [0.25, 0.3) is 11.1 Å². The van der Waals surface area contributed by atoms with Crippen molar-refractivity contribution in [2.75, 3.05) is 7.05 Å². The minimum atomic E-state index is -0.200. The molecule has 0 bridgehead atoms. The van der Waals surface area contributed by atoms with Crippen molar-refractivity contribution in [3.8, 4) is 11.1 Å². The molecular formula is C15H16FN. The van der Waals surface area contributed by atoms with Crippen molar-refractivity contribution in [2.45, 2.75) is 13.0 Å². The fraction of sp³-hybridized carbons (Fsp3) is 0.200. The van der Waals surface area contributed by atoms with E-state index in [1.54, 1.807) is 12.1 Å². The number of rotatable bonds is 3. The van der Waals surface area contributed by atoms with Gasteiger partial charge in [0.25, 0.3) is 0 Å². The molecule has 0 heterocycles. The Balaban J connectivity index is 2.52. The Hall–Kier alpha value is -1.67. The second-order valence-electron chi connectivity index (χ2n) is 4.11. The highest BCUT2D eigenvalue weighted by Gasteiger charge is 2.09. The van der Waals surface area contributed by atoms with E-state index in [1.165, 1.54) is 11.6 Å². The molecular weight excluding hydrogens is 213 g/mol. The summed E-state index contributed by atoms with van der Waals surface area (Å²) in [6.07, 6.45) is 0. The van der Waals surface area contributed by atoms with Crippen LogP contribution < -0.4 is 5.32 Å². The van der Waals surface area contributed by atoms with Crippen molar-refractivity contribution in [3.05, 3.63) is 59.9 Å². The SMILES string of the molecule is CNC(C)c1ccccc1-c1cccc(F)c1. The molecule has 17 heavy (non-hydrogen) atoms. The standard InChI is InChI=1S/C15H16FN/c1-11(17-2)14-8-3-4-9-15(14)12-6-5-7-13(16)10-12/h3-11,17H,1-2H3. The van der Waals surface area contributed by atoms with Crippen LogP contribution in [0, 0.1) is 5.82 Å². The number of hydrogen-bond acceptors (Lipinski definition) is 1. The molecule has 1 nitrogen and oxygen atoms in total. The van der Waals surface area contributed by atoms with Crippen molar-refractivity contribution >= 4 is 0 Å². The van der Waals surface area contributed by atoms with Gasteiger partial charge in [0.05, 0.1) is 0 Å². The van der Waals surface area contributed by atoms with Crippen molar-refractivity contribution in [1.82, 2.24) is 5.32 Å². The van der Waals surface area contributed by atoms with Gasteiger partial charge in [-0.1, -0.05) is 36.4 Å². The largest absolute Gasteiger partial charge is 0.313 e. The third kappa shape index (κ3) is 2.53. The van der Waals surface area contributed by atoms with Gasteiger partial charge in [-0.15, -0.1) is 0 Å². The zero-order valence-electron chi connectivity index (χ0n) is 10.1. The molecule has 0 saturated carbocycles. The van der Waals surface area contributed by atoms with Gasteiger partial charge in [-0.2, -0.15) is 0 Å². The summed E-state index contributed by atoms with van der Waals surface area (Å²) in [6.45, 7) is 2.10. The van der Waals surface area contributed by atoms with Crippen LogP contribution in [-0.4, -0.2) is 7.05 Å². The molecule has 0 aliphatic rings. The fourth-order valence-corrected chi connectivity index (χ4v) is 1.95. The predicted molar refractivity (Wildman–Crippen MR) is 69.3 cm³/mol. The zero-order chi connectivity index (χ0) is 12.3. The molecule has 0 saturated heterocycles. The topological polar surface area (TPSA) is 12.0 Å². The molecule has 88 valence electrons. The molecule has 0 aliphatic heterocycles. The van der Waals surface area contributed by atoms with Crippen LogP contribution in [0.5, 0.6) is 0 Å². The Kier molecular flexibility index (Phi) is 3.55. The fourth-order valence-electron chi connectivity index (χ4n) is 1.95. The van der Waals surface area contributed by atoms with E-state index < -0.39 is 0 Å². The molecule has 0 aromatic heterocycles. The number of halogens is 1. The lowest BCUT2D eigenvalue weighted by Gasteiger charge is -2.16. The van der Waals surface area contributed by atoms with E-state index in [2.05, 4.69) is 18.3 Å². The van der Waals surface area contributed by atoms with Crippen LogP contribution in [0.15, 0.2) is 48.5 Å². The maximum Gasteiger partial charge on any atom is 0.123 e. The summed E-state index contributed by atoms with van der Waals surface area (Å²) < 4.78 is 13.3. The third-order valence-electron chi connectivity index (χ3n) is 3.00. The van der Waals surface area contributed by atoms with Crippen LogP contribution >= 0.6 is 0 Å². The molecule has 0 amide bonds. The molecule has 0 aliphatic carbocycles. The molecule has 1 unspecified atom stereocenters. The van der Waals surface area contributed by atoms with Gasteiger partial charge in [-0.05, 0) is 42.8 Å². The van der Waals surface area contributed by atoms with Gasteiger partial charge in [-0.3, -0.25) is 0 Å². The van der Waals surface area contributed by atoms with Gasteiger partial charge in [0, 0.05) is 6.04 Å². The predicted octanol–water partition coefficient (Wildman–Crippen LogP) is 3.77. The van der Waals surface area contributed by atoms with Crippen LogP contribution in [0.4, 0.5) is 4.39 Å². The average Bonchev–Trinajstić information content (AvgIpc) is 2.38. The summed E-state index contributed by atoms with van der Waals surface area (Å²) in [5.41, 5.74) is 3.18. The second-order valence-corrected chi connectivity index (χ2v) is 4.11. The Bertz CT molecular complexity index is 508. The summed E-state index contributed by atoms with van der Waals surface area (Å²) in [6, 6.07) is 15.0. The number of benzene rings is 2. The maximum atomic E-state index is 13.3. The second kappa shape index (κ2) is 5.11. The summed E-state index contributed by atoms with van der Waals surface area (Å²) in [4.78, 5) is 0. The zero-order valence-corrected chi connectivity index (χ0v) is 10.1. The van der Waals surface area contributed by atoms with E-state index in [0.29, 0.717) is 0 Å². The summed E-state index contributed by atoms with van der Waals surface area (Å²) >= 11 is 0. The highest BCUT2D eigenvalue weighted by molar-refractivity contribution is 5.67. The minimum absolute atomic E-state index is 0.200.